The summed E-state index contributed by atoms with van der Waals surface area (Å²) in [5.41, 5.74) is 0. The zero-order valence-corrected chi connectivity index (χ0v) is 16.0. The van der Waals surface area contributed by atoms with Crippen LogP contribution in [0.25, 0.3) is 0 Å². The van der Waals surface area contributed by atoms with E-state index >= 15 is 0 Å². The summed E-state index contributed by atoms with van der Waals surface area (Å²) in [5, 5.41) is 20.7. The first-order chi connectivity index (χ1) is 9.54. The number of hydrogen-bond donors (Lipinski definition) is 0. The molecular weight excluding hydrogens is 280 g/mol. The number of unbranched alkanes of at least 4 members (excludes halogenated alkanes) is 6. The fraction of sp³-hybridized carbons (Fsp3) is 1.00. The summed E-state index contributed by atoms with van der Waals surface area (Å²) >= 11 is 0. The van der Waals surface area contributed by atoms with Gasteiger partial charge in [-0.25, -0.2) is 0 Å². The molecule has 0 spiro atoms. The first-order valence-electron chi connectivity index (χ1n) is 8.09. The Morgan fingerprint density at radius 2 is 1.00 bits per heavy atom. The molecule has 0 aromatic heterocycles. The SMILES string of the molecule is CCCCCCOC(C)[O-].CCCCCCOC(C)[O-].[Mg+2]. The van der Waals surface area contributed by atoms with Crippen molar-refractivity contribution < 1.29 is 19.7 Å². The molecule has 5 heteroatoms. The van der Waals surface area contributed by atoms with Crippen molar-refractivity contribution in [1.29, 1.82) is 0 Å². The molecule has 0 bridgehead atoms. The largest absolute Gasteiger partial charge is 2.00 e. The Balaban J connectivity index is -0.000000295. The molecule has 0 aromatic carbocycles. The van der Waals surface area contributed by atoms with Gasteiger partial charge in [-0.3, -0.25) is 0 Å². The molecule has 0 radical (unpaired) electrons. The van der Waals surface area contributed by atoms with Gasteiger partial charge < -0.3 is 19.7 Å². The van der Waals surface area contributed by atoms with Gasteiger partial charge in [0, 0.05) is 13.2 Å². The van der Waals surface area contributed by atoms with E-state index in [0.29, 0.717) is 13.2 Å². The molecule has 21 heavy (non-hydrogen) atoms. The van der Waals surface area contributed by atoms with Crippen LogP contribution in [0.15, 0.2) is 0 Å². The summed E-state index contributed by atoms with van der Waals surface area (Å²) in [5.74, 6) is 0. The van der Waals surface area contributed by atoms with Crippen LogP contribution in [0, 0.1) is 0 Å². The van der Waals surface area contributed by atoms with E-state index in [9.17, 15) is 10.2 Å². The average Bonchev–Trinajstić information content (AvgIpc) is 2.38. The number of hydrogen-bond acceptors (Lipinski definition) is 4. The normalized spacial score (nSPS) is 12.9. The zero-order valence-electron chi connectivity index (χ0n) is 14.6. The summed E-state index contributed by atoms with van der Waals surface area (Å²) in [6.45, 7) is 8.64. The van der Waals surface area contributed by atoms with E-state index in [0.717, 1.165) is 12.8 Å². The van der Waals surface area contributed by atoms with Crippen LogP contribution in [-0.4, -0.2) is 48.8 Å². The molecule has 0 rings (SSSR count). The molecule has 2 atom stereocenters. The zero-order chi connectivity index (χ0) is 15.6. The predicted molar refractivity (Wildman–Crippen MR) is 84.9 cm³/mol. The van der Waals surface area contributed by atoms with Gasteiger partial charge in [0.2, 0.25) is 0 Å². The van der Waals surface area contributed by atoms with Crippen molar-refractivity contribution in [3.63, 3.8) is 0 Å². The summed E-state index contributed by atoms with van der Waals surface area (Å²) in [6.07, 6.45) is 7.68. The molecule has 0 aliphatic rings. The fourth-order valence-corrected chi connectivity index (χ4v) is 1.56. The Kier molecular flexibility index (Phi) is 28.9. The molecule has 0 aliphatic heterocycles. The molecule has 0 fully saturated rings. The van der Waals surface area contributed by atoms with Crippen molar-refractivity contribution in [3.05, 3.63) is 0 Å². The molecule has 0 aliphatic carbocycles. The molecule has 0 heterocycles. The van der Waals surface area contributed by atoms with Crippen LogP contribution in [0.1, 0.15) is 79.1 Å². The molecular formula is C16H34MgO4. The second-order valence-corrected chi connectivity index (χ2v) is 5.00. The maximum atomic E-state index is 10.3. The molecule has 0 saturated heterocycles. The maximum absolute atomic E-state index is 10.3. The van der Waals surface area contributed by atoms with Gasteiger partial charge in [-0.1, -0.05) is 66.2 Å². The van der Waals surface area contributed by atoms with E-state index in [1.54, 1.807) is 0 Å². The van der Waals surface area contributed by atoms with Gasteiger partial charge in [0.05, 0.1) is 0 Å². The predicted octanol–water partition coefficient (Wildman–Crippen LogP) is 2.20. The second-order valence-electron chi connectivity index (χ2n) is 5.00. The summed E-state index contributed by atoms with van der Waals surface area (Å²) < 4.78 is 9.67. The topological polar surface area (TPSA) is 64.6 Å². The van der Waals surface area contributed by atoms with Gasteiger partial charge in [-0.2, -0.15) is 0 Å². The van der Waals surface area contributed by atoms with Crippen molar-refractivity contribution in [2.45, 2.75) is 91.6 Å². The third-order valence-corrected chi connectivity index (χ3v) is 2.70. The van der Waals surface area contributed by atoms with Crippen LogP contribution in [-0.2, 0) is 9.47 Å². The first-order valence-corrected chi connectivity index (χ1v) is 8.09. The standard InChI is InChI=1S/2C8H17O2.Mg/c2*1-3-4-5-6-7-10-8(2)9;/h2*8H,3-7H2,1-2H3;/q2*-1;+2. The van der Waals surface area contributed by atoms with Crippen molar-refractivity contribution in [2.24, 2.45) is 0 Å². The average molecular weight is 315 g/mol. The molecule has 0 saturated carbocycles. The van der Waals surface area contributed by atoms with Crippen molar-refractivity contribution in [3.8, 4) is 0 Å². The van der Waals surface area contributed by atoms with E-state index in [4.69, 9.17) is 9.47 Å². The van der Waals surface area contributed by atoms with Crippen molar-refractivity contribution in [1.82, 2.24) is 0 Å². The van der Waals surface area contributed by atoms with E-state index in [1.165, 1.54) is 52.4 Å². The Bertz CT molecular complexity index is 148. The molecule has 124 valence electrons. The van der Waals surface area contributed by atoms with Gasteiger partial charge in [-0.05, 0) is 25.4 Å². The van der Waals surface area contributed by atoms with E-state index in [-0.39, 0.29) is 23.1 Å². The van der Waals surface area contributed by atoms with Gasteiger partial charge in [0.15, 0.2) is 0 Å². The van der Waals surface area contributed by atoms with Crippen LogP contribution in [0.5, 0.6) is 0 Å². The van der Waals surface area contributed by atoms with E-state index in [1.807, 2.05) is 0 Å². The molecule has 4 nitrogen and oxygen atoms in total. The Morgan fingerprint density at radius 1 is 0.667 bits per heavy atom. The Labute approximate surface area is 147 Å². The van der Waals surface area contributed by atoms with Gasteiger partial charge in [-0.15, -0.1) is 0 Å². The fourth-order valence-electron chi connectivity index (χ4n) is 1.56. The van der Waals surface area contributed by atoms with Crippen LogP contribution < -0.4 is 10.2 Å². The van der Waals surface area contributed by atoms with Gasteiger partial charge >= 0.3 is 23.1 Å². The van der Waals surface area contributed by atoms with Crippen molar-refractivity contribution in [2.75, 3.05) is 13.2 Å². The minimum absolute atomic E-state index is 0. The molecule has 0 amide bonds. The third kappa shape index (κ3) is 33.4. The summed E-state index contributed by atoms with van der Waals surface area (Å²) in [7, 11) is 0. The number of ether oxygens (including phenoxy) is 2. The monoisotopic (exact) mass is 314 g/mol. The first kappa shape index (κ1) is 26.5. The molecule has 0 N–H and O–H groups in total. The van der Waals surface area contributed by atoms with Crippen LogP contribution in [0.2, 0.25) is 0 Å². The van der Waals surface area contributed by atoms with Gasteiger partial charge in [0.1, 0.15) is 0 Å². The molecule has 0 aromatic rings. The van der Waals surface area contributed by atoms with Crippen LogP contribution >= 0.6 is 0 Å². The van der Waals surface area contributed by atoms with E-state index in [2.05, 4.69) is 13.8 Å². The minimum Gasteiger partial charge on any atom is -0.831 e. The van der Waals surface area contributed by atoms with E-state index < -0.39 is 12.6 Å². The molecule has 2 unspecified atom stereocenters. The van der Waals surface area contributed by atoms with Crippen molar-refractivity contribution >= 4 is 23.1 Å². The quantitative estimate of drug-likeness (QED) is 0.315. The van der Waals surface area contributed by atoms with Crippen LogP contribution in [0.3, 0.4) is 0 Å². The Hall–Kier alpha value is 0.606. The second kappa shape index (κ2) is 22.9. The third-order valence-electron chi connectivity index (χ3n) is 2.70. The van der Waals surface area contributed by atoms with Crippen LogP contribution in [0.4, 0.5) is 0 Å². The summed E-state index contributed by atoms with van der Waals surface area (Å²) in [4.78, 5) is 0. The smallest absolute Gasteiger partial charge is 0.831 e. The van der Waals surface area contributed by atoms with Gasteiger partial charge in [0.25, 0.3) is 0 Å². The minimum atomic E-state index is -0.846. The Morgan fingerprint density at radius 3 is 1.24 bits per heavy atom. The summed E-state index contributed by atoms with van der Waals surface area (Å²) in [6, 6.07) is 0. The maximum Gasteiger partial charge on any atom is 2.00 e. The number of rotatable bonds is 12.